The van der Waals surface area contributed by atoms with Crippen LogP contribution in [0.25, 0.3) is 0 Å². The molecule has 4 nitrogen and oxygen atoms in total. The first-order valence-corrected chi connectivity index (χ1v) is 10.3. The molecule has 0 saturated carbocycles. The topological polar surface area (TPSA) is 50.3 Å². The van der Waals surface area contributed by atoms with Crippen molar-refractivity contribution in [2.45, 2.75) is 24.7 Å². The number of rotatable bonds is 7. The Balaban J connectivity index is 2.24. The van der Waals surface area contributed by atoms with E-state index in [4.69, 9.17) is 0 Å². The van der Waals surface area contributed by atoms with Gasteiger partial charge in [0, 0.05) is 40.3 Å². The van der Waals surface area contributed by atoms with Gasteiger partial charge in [0.15, 0.2) is 0 Å². The first kappa shape index (κ1) is 18.6. The third-order valence-electron chi connectivity index (χ3n) is 3.33. The summed E-state index contributed by atoms with van der Waals surface area (Å²) in [4.78, 5) is 4.55. The Kier molecular flexibility index (Phi) is 6.76. The molecule has 0 radical (unpaired) electrons. The maximum absolute atomic E-state index is 12.9. The smallest absolute Gasteiger partial charge is 0.244 e. The van der Waals surface area contributed by atoms with Gasteiger partial charge in [-0.25, -0.2) is 8.42 Å². The van der Waals surface area contributed by atoms with Crippen LogP contribution in [-0.4, -0.2) is 30.8 Å². The molecular formula is C16H18Br2N2O2S. The lowest BCUT2D eigenvalue weighted by Gasteiger charge is -2.22. The molecule has 124 valence electrons. The molecule has 0 fully saturated rings. The molecule has 2 aromatic rings. The second-order valence-electron chi connectivity index (χ2n) is 5.05. The van der Waals surface area contributed by atoms with Crippen molar-refractivity contribution in [3.63, 3.8) is 0 Å². The van der Waals surface area contributed by atoms with Gasteiger partial charge in [-0.15, -0.1) is 0 Å². The minimum atomic E-state index is -3.54. The van der Waals surface area contributed by atoms with E-state index in [0.717, 1.165) is 16.6 Å². The molecule has 0 aliphatic carbocycles. The minimum absolute atomic E-state index is 0.287. The van der Waals surface area contributed by atoms with Gasteiger partial charge in [0.25, 0.3) is 0 Å². The molecule has 0 N–H and O–H groups in total. The molecule has 0 aliphatic rings. The zero-order valence-electron chi connectivity index (χ0n) is 12.7. The molecule has 1 aromatic heterocycles. The van der Waals surface area contributed by atoms with Crippen LogP contribution in [-0.2, 0) is 16.4 Å². The normalized spacial score (nSPS) is 11.8. The van der Waals surface area contributed by atoms with Gasteiger partial charge in [0.2, 0.25) is 10.0 Å². The summed E-state index contributed by atoms with van der Waals surface area (Å²) in [7, 11) is -3.54. The van der Waals surface area contributed by atoms with Crippen LogP contribution in [0.3, 0.4) is 0 Å². The molecule has 0 spiro atoms. The Hall–Kier alpha value is -0.760. The molecule has 2 rings (SSSR count). The highest BCUT2D eigenvalue weighted by molar-refractivity contribution is 9.11. The monoisotopic (exact) mass is 460 g/mol. The number of nitrogens with zero attached hydrogens (tertiary/aromatic N) is 2. The number of aromatic nitrogens is 1. The predicted octanol–water partition coefficient (Wildman–Crippen LogP) is 4.25. The number of hydrogen-bond acceptors (Lipinski definition) is 3. The number of benzene rings is 1. The molecule has 0 saturated heterocycles. The van der Waals surface area contributed by atoms with E-state index in [2.05, 4.69) is 36.8 Å². The summed E-state index contributed by atoms with van der Waals surface area (Å²) in [5, 5.41) is 0. The standard InChI is InChI=1S/C16H18Br2N2O2S/c1-2-10-20(11-8-14-5-3-4-9-19-14)23(21,22)16-7-6-13(17)12-15(16)18/h3-7,9,12H,2,8,10-11H2,1H3. The molecule has 0 unspecified atom stereocenters. The van der Waals surface area contributed by atoms with Crippen LogP contribution in [0.2, 0.25) is 0 Å². The van der Waals surface area contributed by atoms with E-state index in [0.29, 0.717) is 24.0 Å². The fraction of sp³-hybridized carbons (Fsp3) is 0.312. The van der Waals surface area contributed by atoms with Crippen molar-refractivity contribution in [2.24, 2.45) is 0 Å². The Morgan fingerprint density at radius 1 is 1.13 bits per heavy atom. The Morgan fingerprint density at radius 3 is 2.52 bits per heavy atom. The third kappa shape index (κ3) is 4.86. The van der Waals surface area contributed by atoms with E-state index in [1.165, 1.54) is 4.31 Å². The van der Waals surface area contributed by atoms with Crippen LogP contribution >= 0.6 is 31.9 Å². The van der Waals surface area contributed by atoms with Crippen molar-refractivity contribution < 1.29 is 8.42 Å². The lowest BCUT2D eigenvalue weighted by atomic mass is 10.3. The molecule has 23 heavy (non-hydrogen) atoms. The van der Waals surface area contributed by atoms with Gasteiger partial charge < -0.3 is 0 Å². The molecule has 0 bridgehead atoms. The number of pyridine rings is 1. The zero-order valence-corrected chi connectivity index (χ0v) is 16.7. The summed E-state index contributed by atoms with van der Waals surface area (Å²) >= 11 is 6.70. The van der Waals surface area contributed by atoms with Crippen LogP contribution < -0.4 is 0 Å². The average Bonchev–Trinajstić information content (AvgIpc) is 2.52. The average molecular weight is 462 g/mol. The van der Waals surface area contributed by atoms with E-state index in [1.54, 1.807) is 24.4 Å². The highest BCUT2D eigenvalue weighted by Gasteiger charge is 2.25. The Labute approximate surface area is 154 Å². The second-order valence-corrected chi connectivity index (χ2v) is 8.73. The van der Waals surface area contributed by atoms with Crippen LogP contribution in [0, 0.1) is 0 Å². The summed E-state index contributed by atoms with van der Waals surface area (Å²) in [6.07, 6.45) is 3.07. The summed E-state index contributed by atoms with van der Waals surface area (Å²) in [5.41, 5.74) is 0.888. The highest BCUT2D eigenvalue weighted by Crippen LogP contribution is 2.28. The zero-order chi connectivity index (χ0) is 16.9. The summed E-state index contributed by atoms with van der Waals surface area (Å²) in [6, 6.07) is 10.8. The number of sulfonamides is 1. The van der Waals surface area contributed by atoms with Crippen molar-refractivity contribution in [2.75, 3.05) is 13.1 Å². The van der Waals surface area contributed by atoms with Crippen molar-refractivity contribution in [1.29, 1.82) is 0 Å². The van der Waals surface area contributed by atoms with Crippen LogP contribution in [0.1, 0.15) is 19.0 Å². The fourth-order valence-electron chi connectivity index (χ4n) is 2.21. The number of halogens is 2. The van der Waals surface area contributed by atoms with Gasteiger partial charge in [-0.2, -0.15) is 4.31 Å². The lowest BCUT2D eigenvalue weighted by molar-refractivity contribution is 0.412. The predicted molar refractivity (Wildman–Crippen MR) is 98.8 cm³/mol. The maximum atomic E-state index is 12.9. The summed E-state index contributed by atoms with van der Waals surface area (Å²) in [6.45, 7) is 2.87. The van der Waals surface area contributed by atoms with Crippen LogP contribution in [0.15, 0.2) is 56.4 Å². The van der Waals surface area contributed by atoms with Gasteiger partial charge in [-0.05, 0) is 52.7 Å². The first-order valence-electron chi connectivity index (χ1n) is 7.30. The van der Waals surface area contributed by atoms with Crippen LogP contribution in [0.4, 0.5) is 0 Å². The van der Waals surface area contributed by atoms with Crippen molar-refractivity contribution >= 4 is 41.9 Å². The Morgan fingerprint density at radius 2 is 1.91 bits per heavy atom. The molecule has 1 heterocycles. The third-order valence-corrected chi connectivity index (χ3v) is 6.70. The first-order chi connectivity index (χ1) is 10.9. The summed E-state index contributed by atoms with van der Waals surface area (Å²) < 4.78 is 28.8. The van der Waals surface area contributed by atoms with Crippen molar-refractivity contribution in [1.82, 2.24) is 9.29 Å². The molecule has 7 heteroatoms. The molecule has 1 aromatic carbocycles. The van der Waals surface area contributed by atoms with E-state index < -0.39 is 10.0 Å². The summed E-state index contributed by atoms with van der Waals surface area (Å²) in [5.74, 6) is 0. The largest absolute Gasteiger partial charge is 0.261 e. The lowest BCUT2D eigenvalue weighted by Crippen LogP contribution is -2.34. The van der Waals surface area contributed by atoms with Gasteiger partial charge >= 0.3 is 0 Å². The SMILES string of the molecule is CCCN(CCc1ccccn1)S(=O)(=O)c1ccc(Br)cc1Br. The van der Waals surface area contributed by atoms with E-state index in [1.807, 2.05) is 25.1 Å². The van der Waals surface area contributed by atoms with Crippen molar-refractivity contribution in [3.8, 4) is 0 Å². The van der Waals surface area contributed by atoms with E-state index in [9.17, 15) is 8.42 Å². The molecule has 0 aliphatic heterocycles. The molecule has 0 amide bonds. The second kappa shape index (κ2) is 8.37. The highest BCUT2D eigenvalue weighted by atomic mass is 79.9. The van der Waals surface area contributed by atoms with Gasteiger partial charge in [-0.1, -0.05) is 28.9 Å². The minimum Gasteiger partial charge on any atom is -0.261 e. The van der Waals surface area contributed by atoms with E-state index >= 15 is 0 Å². The van der Waals surface area contributed by atoms with Crippen molar-refractivity contribution in [3.05, 3.63) is 57.2 Å². The molecule has 0 atom stereocenters. The van der Waals surface area contributed by atoms with Gasteiger partial charge in [0.05, 0.1) is 4.90 Å². The van der Waals surface area contributed by atoms with Gasteiger partial charge in [-0.3, -0.25) is 4.98 Å². The van der Waals surface area contributed by atoms with E-state index in [-0.39, 0.29) is 4.90 Å². The quantitative estimate of drug-likeness (QED) is 0.619. The maximum Gasteiger partial charge on any atom is 0.244 e. The number of hydrogen-bond donors (Lipinski definition) is 0. The Bertz CT molecular complexity index is 752. The van der Waals surface area contributed by atoms with Crippen LogP contribution in [0.5, 0.6) is 0 Å². The van der Waals surface area contributed by atoms with Gasteiger partial charge in [0.1, 0.15) is 0 Å². The molecular weight excluding hydrogens is 444 g/mol. The fourth-order valence-corrected chi connectivity index (χ4v) is 5.45.